The first kappa shape index (κ1) is 14.3. The van der Waals surface area contributed by atoms with E-state index >= 15 is 0 Å². The maximum Gasteiger partial charge on any atom is 0.237 e. The van der Waals surface area contributed by atoms with Gasteiger partial charge in [-0.15, -0.1) is 0 Å². The number of hydrogen-bond acceptors (Lipinski definition) is 4. The molecule has 5 heteroatoms. The van der Waals surface area contributed by atoms with Crippen LogP contribution in [0.1, 0.15) is 45.4 Å². The van der Waals surface area contributed by atoms with Gasteiger partial charge in [0.2, 0.25) is 5.91 Å². The van der Waals surface area contributed by atoms with Crippen molar-refractivity contribution in [2.24, 2.45) is 0 Å². The molecule has 3 aliphatic rings. The third-order valence-electron chi connectivity index (χ3n) is 5.02. The van der Waals surface area contributed by atoms with E-state index in [9.17, 15) is 4.79 Å². The van der Waals surface area contributed by atoms with Gasteiger partial charge in [0.25, 0.3) is 0 Å². The van der Waals surface area contributed by atoms with Gasteiger partial charge < -0.3 is 14.8 Å². The molecular formula is C15H26N2O3. The topological polar surface area (TPSA) is 50.8 Å². The van der Waals surface area contributed by atoms with Crippen molar-refractivity contribution in [3.63, 3.8) is 0 Å². The highest BCUT2D eigenvalue weighted by atomic mass is 16.7. The van der Waals surface area contributed by atoms with Crippen LogP contribution in [0.2, 0.25) is 0 Å². The van der Waals surface area contributed by atoms with Gasteiger partial charge >= 0.3 is 0 Å². The summed E-state index contributed by atoms with van der Waals surface area (Å²) < 4.78 is 11.5. The van der Waals surface area contributed by atoms with Crippen LogP contribution in [0.15, 0.2) is 0 Å². The minimum Gasteiger partial charge on any atom is -0.352 e. The summed E-state index contributed by atoms with van der Waals surface area (Å²) in [6.45, 7) is 3.45. The zero-order valence-electron chi connectivity index (χ0n) is 12.6. The van der Waals surface area contributed by atoms with Crippen LogP contribution in [0, 0.1) is 0 Å². The number of ether oxygens (including phenoxy) is 2. The van der Waals surface area contributed by atoms with E-state index in [2.05, 4.69) is 17.3 Å². The molecule has 3 rings (SSSR count). The summed E-state index contributed by atoms with van der Waals surface area (Å²) in [6, 6.07) is 0.835. The van der Waals surface area contributed by atoms with Gasteiger partial charge in [0.15, 0.2) is 5.79 Å². The third kappa shape index (κ3) is 3.00. The average Bonchev–Trinajstić information content (AvgIpc) is 3.16. The van der Waals surface area contributed by atoms with Gasteiger partial charge in [-0.1, -0.05) is 0 Å². The Balaban J connectivity index is 1.49. The fraction of sp³-hybridized carbons (Fsp3) is 0.933. The van der Waals surface area contributed by atoms with Crippen molar-refractivity contribution in [3.8, 4) is 0 Å². The molecule has 5 nitrogen and oxygen atoms in total. The molecule has 1 unspecified atom stereocenters. The van der Waals surface area contributed by atoms with Gasteiger partial charge in [0.05, 0.1) is 19.3 Å². The smallest absolute Gasteiger partial charge is 0.237 e. The molecule has 20 heavy (non-hydrogen) atoms. The Labute approximate surface area is 121 Å². The Kier molecular flexibility index (Phi) is 4.02. The van der Waals surface area contributed by atoms with Crippen molar-refractivity contribution in [2.75, 3.05) is 20.3 Å². The van der Waals surface area contributed by atoms with Crippen LogP contribution in [0.25, 0.3) is 0 Å². The predicted octanol–water partition coefficient (Wildman–Crippen LogP) is 1.27. The Morgan fingerprint density at radius 3 is 2.35 bits per heavy atom. The van der Waals surface area contributed by atoms with E-state index in [1.165, 1.54) is 0 Å². The number of carbonyl (C=O) groups is 1. The van der Waals surface area contributed by atoms with Crippen LogP contribution in [0.5, 0.6) is 0 Å². The standard InChI is InChI=1S/C15H26N2O3/c1-11(14(18)16-12-3-4-12)17(2)13-5-7-15(8-6-13)19-9-10-20-15/h11-13H,3-10H2,1-2H3,(H,16,18). The summed E-state index contributed by atoms with van der Waals surface area (Å²) >= 11 is 0. The van der Waals surface area contributed by atoms with E-state index < -0.39 is 0 Å². The summed E-state index contributed by atoms with van der Waals surface area (Å²) in [4.78, 5) is 14.3. The van der Waals surface area contributed by atoms with E-state index in [0.29, 0.717) is 12.1 Å². The van der Waals surface area contributed by atoms with Crippen LogP contribution in [0.4, 0.5) is 0 Å². The van der Waals surface area contributed by atoms with Gasteiger partial charge in [-0.05, 0) is 39.7 Å². The number of rotatable bonds is 4. The van der Waals surface area contributed by atoms with E-state index in [-0.39, 0.29) is 17.7 Å². The second kappa shape index (κ2) is 5.62. The van der Waals surface area contributed by atoms with E-state index in [4.69, 9.17) is 9.47 Å². The molecule has 0 bridgehead atoms. The lowest BCUT2D eigenvalue weighted by Gasteiger charge is -2.40. The van der Waals surface area contributed by atoms with E-state index in [1.807, 2.05) is 6.92 Å². The minimum atomic E-state index is -0.309. The summed E-state index contributed by atoms with van der Waals surface area (Å²) in [5, 5.41) is 3.09. The predicted molar refractivity (Wildman–Crippen MR) is 75.3 cm³/mol. The Hall–Kier alpha value is -0.650. The quantitative estimate of drug-likeness (QED) is 0.844. The number of amides is 1. The van der Waals surface area contributed by atoms with Crippen molar-refractivity contribution < 1.29 is 14.3 Å². The molecule has 114 valence electrons. The monoisotopic (exact) mass is 282 g/mol. The highest BCUT2D eigenvalue weighted by Crippen LogP contribution is 2.37. The first-order chi connectivity index (χ1) is 9.60. The first-order valence-electron chi connectivity index (χ1n) is 7.90. The van der Waals surface area contributed by atoms with Crippen LogP contribution in [-0.4, -0.2) is 55.0 Å². The maximum absolute atomic E-state index is 12.1. The zero-order valence-corrected chi connectivity index (χ0v) is 12.6. The maximum atomic E-state index is 12.1. The van der Waals surface area contributed by atoms with Crippen molar-refractivity contribution in [2.45, 2.75) is 69.4 Å². The van der Waals surface area contributed by atoms with E-state index in [1.54, 1.807) is 0 Å². The SMILES string of the molecule is CC(C(=O)NC1CC1)N(C)C1CCC2(CC1)OCCO2. The molecule has 1 aliphatic heterocycles. The summed E-state index contributed by atoms with van der Waals surface area (Å²) in [5.41, 5.74) is 0. The number of hydrogen-bond donors (Lipinski definition) is 1. The highest BCUT2D eigenvalue weighted by Gasteiger charge is 2.42. The largest absolute Gasteiger partial charge is 0.352 e. The molecule has 0 aromatic carbocycles. The molecular weight excluding hydrogens is 256 g/mol. The second-order valence-electron chi connectivity index (χ2n) is 6.46. The van der Waals surface area contributed by atoms with Gasteiger partial charge in [-0.3, -0.25) is 9.69 Å². The van der Waals surface area contributed by atoms with Gasteiger partial charge in [0.1, 0.15) is 0 Å². The minimum absolute atomic E-state index is 0.0555. The van der Waals surface area contributed by atoms with Crippen LogP contribution < -0.4 is 5.32 Å². The fourth-order valence-corrected chi connectivity index (χ4v) is 3.29. The van der Waals surface area contributed by atoms with Crippen molar-refractivity contribution >= 4 is 5.91 Å². The molecule has 1 amide bonds. The zero-order chi connectivity index (χ0) is 14.2. The van der Waals surface area contributed by atoms with Crippen molar-refractivity contribution in [1.82, 2.24) is 10.2 Å². The fourth-order valence-electron chi connectivity index (χ4n) is 3.29. The summed E-state index contributed by atoms with van der Waals surface area (Å²) in [5.74, 6) is -0.139. The second-order valence-corrected chi connectivity index (χ2v) is 6.46. The van der Waals surface area contributed by atoms with Crippen molar-refractivity contribution in [1.29, 1.82) is 0 Å². The normalized spacial score (nSPS) is 27.9. The highest BCUT2D eigenvalue weighted by molar-refractivity contribution is 5.81. The van der Waals surface area contributed by atoms with Crippen LogP contribution in [-0.2, 0) is 14.3 Å². The molecule has 2 aliphatic carbocycles. The molecule has 0 aromatic heterocycles. The Morgan fingerprint density at radius 2 is 1.80 bits per heavy atom. The lowest BCUT2D eigenvalue weighted by molar-refractivity contribution is -0.184. The molecule has 2 saturated carbocycles. The molecule has 1 heterocycles. The molecule has 0 radical (unpaired) electrons. The molecule has 1 saturated heterocycles. The third-order valence-corrected chi connectivity index (χ3v) is 5.02. The van der Waals surface area contributed by atoms with Crippen LogP contribution in [0.3, 0.4) is 0 Å². The molecule has 1 N–H and O–H groups in total. The lowest BCUT2D eigenvalue weighted by atomic mass is 9.88. The molecule has 0 aromatic rings. The van der Waals surface area contributed by atoms with Gasteiger partial charge in [-0.2, -0.15) is 0 Å². The van der Waals surface area contributed by atoms with E-state index in [0.717, 1.165) is 51.7 Å². The number of nitrogens with one attached hydrogen (secondary N) is 1. The molecule has 1 spiro atoms. The average molecular weight is 282 g/mol. The number of carbonyl (C=O) groups excluding carboxylic acids is 1. The Morgan fingerprint density at radius 1 is 1.20 bits per heavy atom. The summed E-state index contributed by atoms with van der Waals surface area (Å²) in [6.07, 6.45) is 6.25. The molecule has 1 atom stereocenters. The van der Waals surface area contributed by atoms with Gasteiger partial charge in [0, 0.05) is 24.9 Å². The first-order valence-corrected chi connectivity index (χ1v) is 7.90. The number of likely N-dealkylation sites (N-methyl/N-ethyl adjacent to an activating group) is 1. The summed E-state index contributed by atoms with van der Waals surface area (Å²) in [7, 11) is 2.07. The van der Waals surface area contributed by atoms with Crippen LogP contribution >= 0.6 is 0 Å². The molecule has 3 fully saturated rings. The van der Waals surface area contributed by atoms with Gasteiger partial charge in [-0.25, -0.2) is 0 Å². The lowest BCUT2D eigenvalue weighted by Crippen LogP contribution is -2.51. The Bertz CT molecular complexity index is 354. The number of nitrogens with zero attached hydrogens (tertiary/aromatic N) is 1. The van der Waals surface area contributed by atoms with Crippen molar-refractivity contribution in [3.05, 3.63) is 0 Å².